The van der Waals surface area contributed by atoms with E-state index >= 15 is 0 Å². The highest BCUT2D eigenvalue weighted by Gasteiger charge is 2.10. The number of carbonyl (C=O) groups excluding carboxylic acids is 1. The lowest BCUT2D eigenvalue weighted by molar-refractivity contribution is 0.0941. The number of hydrogen-bond donors (Lipinski definition) is 2. The Hall–Kier alpha value is -2.14. The van der Waals surface area contributed by atoms with Gasteiger partial charge in [-0.15, -0.1) is 0 Å². The van der Waals surface area contributed by atoms with Gasteiger partial charge in [-0.25, -0.2) is 4.98 Å². The third kappa shape index (κ3) is 3.92. The van der Waals surface area contributed by atoms with E-state index in [9.17, 15) is 4.79 Å². The number of methoxy groups -OCH3 is 1. The molecule has 0 fully saturated rings. The predicted octanol–water partition coefficient (Wildman–Crippen LogP) is 1.99. The van der Waals surface area contributed by atoms with Crippen LogP contribution in [-0.2, 0) is 0 Å². The van der Waals surface area contributed by atoms with Gasteiger partial charge in [0.1, 0.15) is 11.4 Å². The number of carbonyl (C=O) groups is 1. The molecule has 1 amide bonds. The highest BCUT2D eigenvalue weighted by Crippen LogP contribution is 2.19. The van der Waals surface area contributed by atoms with Gasteiger partial charge >= 0.3 is 0 Å². The number of ether oxygens (including phenoxy) is 1. The molecule has 1 aromatic carbocycles. The summed E-state index contributed by atoms with van der Waals surface area (Å²) in [5.74, 6) is 0.806. The summed E-state index contributed by atoms with van der Waals surface area (Å²) in [5.41, 5.74) is 1.15. The summed E-state index contributed by atoms with van der Waals surface area (Å²) < 4.78 is 5.16. The Morgan fingerprint density at radius 3 is 2.90 bits per heavy atom. The minimum atomic E-state index is -0.197. The first kappa shape index (κ1) is 15.3. The lowest BCUT2D eigenvalue weighted by atomic mass is 10.1. The predicted molar refractivity (Wildman–Crippen MR) is 81.5 cm³/mol. The third-order valence-electron chi connectivity index (χ3n) is 3.36. The summed E-state index contributed by atoms with van der Waals surface area (Å²) in [6, 6.07) is 9.09. The fraction of sp³-hybridized carbons (Fsp3) is 0.375. The number of aliphatic hydroxyl groups is 1. The summed E-state index contributed by atoms with van der Waals surface area (Å²) in [6.07, 6.45) is 0.672. The highest BCUT2D eigenvalue weighted by atomic mass is 16.5. The fourth-order valence-corrected chi connectivity index (χ4v) is 2.04. The normalized spacial score (nSPS) is 12.1. The van der Waals surface area contributed by atoms with Gasteiger partial charge in [-0.3, -0.25) is 4.79 Å². The molecule has 5 nitrogen and oxygen atoms in total. The molecule has 0 radical (unpaired) electrons. The van der Waals surface area contributed by atoms with Gasteiger partial charge in [0.25, 0.3) is 5.91 Å². The molecular formula is C16H20N2O3. The molecule has 1 aromatic heterocycles. The van der Waals surface area contributed by atoms with Crippen LogP contribution in [0, 0.1) is 5.92 Å². The summed E-state index contributed by atoms with van der Waals surface area (Å²) in [4.78, 5) is 16.4. The summed E-state index contributed by atoms with van der Waals surface area (Å²) in [5, 5.41) is 12.6. The number of hydrogen-bond acceptors (Lipinski definition) is 4. The van der Waals surface area contributed by atoms with Gasteiger partial charge in [-0.2, -0.15) is 0 Å². The van der Waals surface area contributed by atoms with Crippen LogP contribution in [0.3, 0.4) is 0 Å². The molecule has 0 aliphatic rings. The molecule has 1 heterocycles. The van der Waals surface area contributed by atoms with Crippen LogP contribution in [0.25, 0.3) is 10.9 Å². The van der Waals surface area contributed by atoms with Gasteiger partial charge in [0.05, 0.1) is 12.6 Å². The zero-order chi connectivity index (χ0) is 15.2. The first-order valence-electron chi connectivity index (χ1n) is 6.98. The maximum atomic E-state index is 12.1. The Balaban J connectivity index is 2.09. The number of nitrogens with one attached hydrogen (secondary N) is 1. The Kier molecular flexibility index (Phi) is 5.11. The van der Waals surface area contributed by atoms with Gasteiger partial charge in [0.15, 0.2) is 0 Å². The molecule has 5 heteroatoms. The molecule has 112 valence electrons. The quantitative estimate of drug-likeness (QED) is 0.852. The lowest BCUT2D eigenvalue weighted by Gasteiger charge is -2.11. The fourth-order valence-electron chi connectivity index (χ4n) is 2.04. The van der Waals surface area contributed by atoms with Crippen molar-refractivity contribution in [3.05, 3.63) is 36.0 Å². The zero-order valence-corrected chi connectivity index (χ0v) is 12.3. The molecular weight excluding hydrogens is 268 g/mol. The second-order valence-electron chi connectivity index (χ2n) is 5.08. The smallest absolute Gasteiger partial charge is 0.269 e. The Bertz CT molecular complexity index is 628. The largest absolute Gasteiger partial charge is 0.497 e. The van der Waals surface area contributed by atoms with Gasteiger partial charge in [0.2, 0.25) is 0 Å². The van der Waals surface area contributed by atoms with Crippen molar-refractivity contribution >= 4 is 16.8 Å². The van der Waals surface area contributed by atoms with Crippen molar-refractivity contribution in [2.75, 3.05) is 20.3 Å². The number of fused-ring (bicyclic) bond motifs is 1. The van der Waals surface area contributed by atoms with Crippen molar-refractivity contribution in [3.63, 3.8) is 0 Å². The number of rotatable bonds is 6. The van der Waals surface area contributed by atoms with Crippen molar-refractivity contribution in [2.45, 2.75) is 13.3 Å². The molecule has 1 atom stereocenters. The summed E-state index contributed by atoms with van der Waals surface area (Å²) in [7, 11) is 1.62. The van der Waals surface area contributed by atoms with Crippen LogP contribution in [0.15, 0.2) is 30.3 Å². The van der Waals surface area contributed by atoms with Gasteiger partial charge < -0.3 is 15.2 Å². The van der Waals surface area contributed by atoms with Gasteiger partial charge in [0, 0.05) is 18.5 Å². The van der Waals surface area contributed by atoms with Gasteiger partial charge in [-0.1, -0.05) is 13.0 Å². The maximum absolute atomic E-state index is 12.1. The SMILES string of the molecule is COc1ccc2nc(C(=O)NCC(C)CCO)ccc2c1. The van der Waals surface area contributed by atoms with Crippen LogP contribution < -0.4 is 10.1 Å². The van der Waals surface area contributed by atoms with E-state index in [4.69, 9.17) is 9.84 Å². The number of nitrogens with zero attached hydrogens (tertiary/aromatic N) is 1. The molecule has 2 rings (SSSR count). The van der Waals surface area contributed by atoms with E-state index in [1.165, 1.54) is 0 Å². The molecule has 21 heavy (non-hydrogen) atoms. The van der Waals surface area contributed by atoms with Crippen molar-refractivity contribution in [3.8, 4) is 5.75 Å². The van der Waals surface area contributed by atoms with E-state index in [0.717, 1.165) is 16.7 Å². The molecule has 2 N–H and O–H groups in total. The zero-order valence-electron chi connectivity index (χ0n) is 12.3. The monoisotopic (exact) mass is 288 g/mol. The summed E-state index contributed by atoms with van der Waals surface area (Å²) in [6.45, 7) is 2.64. The molecule has 1 unspecified atom stereocenters. The lowest BCUT2D eigenvalue weighted by Crippen LogP contribution is -2.29. The second-order valence-corrected chi connectivity index (χ2v) is 5.08. The van der Waals surface area contributed by atoms with Crippen LogP contribution in [0.2, 0.25) is 0 Å². The number of benzene rings is 1. The highest BCUT2D eigenvalue weighted by molar-refractivity contribution is 5.95. The average Bonchev–Trinajstić information content (AvgIpc) is 2.51. The standard InChI is InChI=1S/C16H20N2O3/c1-11(7-8-19)10-17-16(20)15-5-3-12-9-13(21-2)4-6-14(12)18-15/h3-6,9,11,19H,7-8,10H2,1-2H3,(H,17,20). The van der Waals surface area contributed by atoms with Crippen LogP contribution in [-0.4, -0.2) is 36.3 Å². The number of amides is 1. The topological polar surface area (TPSA) is 71.5 Å². The van der Waals surface area contributed by atoms with Gasteiger partial charge in [-0.05, 0) is 36.6 Å². The Morgan fingerprint density at radius 1 is 1.38 bits per heavy atom. The van der Waals surface area contributed by atoms with E-state index in [-0.39, 0.29) is 18.4 Å². The molecule has 2 aromatic rings. The molecule has 0 aliphatic carbocycles. The van der Waals surface area contributed by atoms with Crippen molar-refractivity contribution < 1.29 is 14.6 Å². The molecule has 0 bridgehead atoms. The van der Waals surface area contributed by atoms with E-state index in [1.54, 1.807) is 13.2 Å². The van der Waals surface area contributed by atoms with Crippen LogP contribution in [0.4, 0.5) is 0 Å². The maximum Gasteiger partial charge on any atom is 0.269 e. The van der Waals surface area contributed by atoms with E-state index < -0.39 is 0 Å². The number of pyridine rings is 1. The van der Waals surface area contributed by atoms with E-state index in [2.05, 4.69) is 10.3 Å². The van der Waals surface area contributed by atoms with Crippen LogP contribution in [0.1, 0.15) is 23.8 Å². The minimum absolute atomic E-state index is 0.132. The van der Waals surface area contributed by atoms with E-state index in [1.807, 2.05) is 31.2 Å². The minimum Gasteiger partial charge on any atom is -0.497 e. The molecule has 0 saturated carbocycles. The van der Waals surface area contributed by atoms with E-state index in [0.29, 0.717) is 18.7 Å². The average molecular weight is 288 g/mol. The first-order chi connectivity index (χ1) is 10.1. The van der Waals surface area contributed by atoms with Crippen molar-refractivity contribution in [2.24, 2.45) is 5.92 Å². The van der Waals surface area contributed by atoms with Crippen LogP contribution in [0.5, 0.6) is 5.75 Å². The second kappa shape index (κ2) is 7.04. The Morgan fingerprint density at radius 2 is 2.19 bits per heavy atom. The molecule has 0 aliphatic heterocycles. The summed E-state index contributed by atoms with van der Waals surface area (Å²) >= 11 is 0. The van der Waals surface area contributed by atoms with Crippen molar-refractivity contribution in [1.82, 2.24) is 10.3 Å². The Labute approximate surface area is 124 Å². The third-order valence-corrected chi connectivity index (χ3v) is 3.36. The van der Waals surface area contributed by atoms with Crippen LogP contribution >= 0.6 is 0 Å². The number of aliphatic hydroxyl groups excluding tert-OH is 1. The number of aromatic nitrogens is 1. The molecule has 0 saturated heterocycles. The first-order valence-corrected chi connectivity index (χ1v) is 6.98. The van der Waals surface area contributed by atoms with Crippen molar-refractivity contribution in [1.29, 1.82) is 0 Å². The molecule has 0 spiro atoms.